The van der Waals surface area contributed by atoms with Crippen LogP contribution in [0.2, 0.25) is 0 Å². The van der Waals surface area contributed by atoms with Gasteiger partial charge in [-0.05, 0) is 24.5 Å². The third-order valence-corrected chi connectivity index (χ3v) is 4.82. The van der Waals surface area contributed by atoms with Crippen LogP contribution in [-0.4, -0.2) is 38.9 Å². The van der Waals surface area contributed by atoms with E-state index >= 15 is 0 Å². The van der Waals surface area contributed by atoms with E-state index in [-0.39, 0.29) is 5.56 Å². The number of rotatable bonds is 4. The normalized spacial score (nSPS) is 18.0. The fraction of sp³-hybridized carbons (Fsp3) is 0.389. The Hall–Kier alpha value is -2.67. The molecule has 1 saturated heterocycles. The van der Waals surface area contributed by atoms with E-state index in [0.717, 1.165) is 43.4 Å². The van der Waals surface area contributed by atoms with Gasteiger partial charge in [-0.3, -0.25) is 9.89 Å². The van der Waals surface area contributed by atoms with Crippen molar-refractivity contribution in [2.75, 3.05) is 18.0 Å². The molecule has 0 saturated carbocycles. The molecule has 1 aliphatic rings. The van der Waals surface area contributed by atoms with E-state index in [2.05, 4.69) is 43.6 Å². The van der Waals surface area contributed by atoms with Gasteiger partial charge in [0.05, 0.1) is 11.7 Å². The molecule has 7 nitrogen and oxygen atoms in total. The molecule has 3 heterocycles. The first-order valence-electron chi connectivity index (χ1n) is 8.63. The molecule has 0 amide bonds. The van der Waals surface area contributed by atoms with Crippen LogP contribution in [0, 0.1) is 0 Å². The zero-order chi connectivity index (χ0) is 17.2. The van der Waals surface area contributed by atoms with Crippen molar-refractivity contribution in [3.63, 3.8) is 0 Å². The van der Waals surface area contributed by atoms with Crippen LogP contribution in [0.1, 0.15) is 18.4 Å². The van der Waals surface area contributed by atoms with Crippen LogP contribution in [0.5, 0.6) is 0 Å². The van der Waals surface area contributed by atoms with Gasteiger partial charge in [0.25, 0.3) is 5.56 Å². The lowest BCUT2D eigenvalue weighted by atomic mass is 10.0. The third kappa shape index (κ3) is 3.28. The molecule has 4 rings (SSSR count). The van der Waals surface area contributed by atoms with E-state index in [9.17, 15) is 4.79 Å². The predicted molar refractivity (Wildman–Crippen MR) is 97.6 cm³/mol. The number of piperidine rings is 1. The Morgan fingerprint density at radius 1 is 1.40 bits per heavy atom. The number of anilines is 1. The maximum Gasteiger partial charge on any atom is 0.293 e. The smallest absolute Gasteiger partial charge is 0.293 e. The van der Waals surface area contributed by atoms with Crippen LogP contribution in [-0.2, 0) is 13.6 Å². The van der Waals surface area contributed by atoms with E-state index in [1.165, 1.54) is 5.56 Å². The van der Waals surface area contributed by atoms with Gasteiger partial charge in [-0.15, -0.1) is 0 Å². The molecule has 0 radical (unpaired) electrons. The molecule has 2 N–H and O–H groups in total. The molecule has 3 aromatic rings. The summed E-state index contributed by atoms with van der Waals surface area (Å²) in [6, 6.07) is 6.68. The maximum absolute atomic E-state index is 12.3. The minimum atomic E-state index is -0.0344. The van der Waals surface area contributed by atoms with Crippen LogP contribution in [0.3, 0.4) is 0 Å². The number of benzene rings is 1. The van der Waals surface area contributed by atoms with Crippen molar-refractivity contribution in [1.29, 1.82) is 0 Å². The van der Waals surface area contributed by atoms with Crippen molar-refractivity contribution < 1.29 is 0 Å². The van der Waals surface area contributed by atoms with Crippen molar-refractivity contribution in [2.24, 2.45) is 7.05 Å². The quantitative estimate of drug-likeness (QED) is 0.752. The van der Waals surface area contributed by atoms with Gasteiger partial charge >= 0.3 is 0 Å². The first-order chi connectivity index (χ1) is 12.2. The summed E-state index contributed by atoms with van der Waals surface area (Å²) in [6.07, 6.45) is 7.37. The second-order valence-electron chi connectivity index (χ2n) is 6.62. The number of nitrogens with one attached hydrogen (secondary N) is 2. The van der Waals surface area contributed by atoms with Gasteiger partial charge < -0.3 is 14.8 Å². The fourth-order valence-electron chi connectivity index (χ4n) is 3.39. The lowest BCUT2D eigenvalue weighted by Gasteiger charge is -2.33. The standard InChI is InChI=1S/C18H22N6O/c1-23-8-6-19-17(18(23)25)24-7-2-3-15(12-24)20-10-13-4-5-14-11-21-22-16(14)9-13/h4-6,8-9,11,15,20H,2-3,7,10,12H2,1H3,(H,21,22)/t15-/m0/s1. The van der Waals surface area contributed by atoms with E-state index in [1.807, 2.05) is 6.20 Å². The van der Waals surface area contributed by atoms with Gasteiger partial charge in [0.2, 0.25) is 0 Å². The zero-order valence-corrected chi connectivity index (χ0v) is 14.3. The summed E-state index contributed by atoms with van der Waals surface area (Å²) in [5, 5.41) is 11.8. The SMILES string of the molecule is Cn1ccnc(N2CCC[C@H](NCc3ccc4cn[nH]c4c3)C2)c1=O. The molecule has 1 fully saturated rings. The zero-order valence-electron chi connectivity index (χ0n) is 14.3. The summed E-state index contributed by atoms with van der Waals surface area (Å²) in [6.45, 7) is 2.48. The highest BCUT2D eigenvalue weighted by atomic mass is 16.1. The molecule has 0 spiro atoms. The molecule has 130 valence electrons. The molecular weight excluding hydrogens is 316 g/mol. The highest BCUT2D eigenvalue weighted by molar-refractivity contribution is 5.78. The highest BCUT2D eigenvalue weighted by Crippen LogP contribution is 2.16. The largest absolute Gasteiger partial charge is 0.350 e. The third-order valence-electron chi connectivity index (χ3n) is 4.82. The van der Waals surface area contributed by atoms with Crippen molar-refractivity contribution in [3.8, 4) is 0 Å². The van der Waals surface area contributed by atoms with Gasteiger partial charge in [-0.1, -0.05) is 12.1 Å². The Morgan fingerprint density at radius 3 is 3.24 bits per heavy atom. The second kappa shape index (κ2) is 6.68. The van der Waals surface area contributed by atoms with E-state index in [1.54, 1.807) is 24.0 Å². The Bertz CT molecular complexity index is 930. The number of nitrogens with zero attached hydrogens (tertiary/aromatic N) is 4. The average molecular weight is 338 g/mol. The van der Waals surface area contributed by atoms with Gasteiger partial charge in [-0.25, -0.2) is 4.98 Å². The Kier molecular flexibility index (Phi) is 4.23. The van der Waals surface area contributed by atoms with E-state index < -0.39 is 0 Å². The number of H-pyrrole nitrogens is 1. The number of hydrogen-bond acceptors (Lipinski definition) is 5. The van der Waals surface area contributed by atoms with E-state index in [0.29, 0.717) is 11.9 Å². The topological polar surface area (TPSA) is 78.8 Å². The minimum absolute atomic E-state index is 0.0344. The first kappa shape index (κ1) is 15.8. The molecule has 1 atom stereocenters. The Morgan fingerprint density at radius 2 is 2.32 bits per heavy atom. The minimum Gasteiger partial charge on any atom is -0.350 e. The Balaban J connectivity index is 1.42. The van der Waals surface area contributed by atoms with Crippen LogP contribution in [0.4, 0.5) is 5.82 Å². The van der Waals surface area contributed by atoms with Crippen LogP contribution in [0.25, 0.3) is 10.9 Å². The highest BCUT2D eigenvalue weighted by Gasteiger charge is 2.22. The van der Waals surface area contributed by atoms with Gasteiger partial charge in [0, 0.05) is 50.5 Å². The second-order valence-corrected chi connectivity index (χ2v) is 6.62. The Labute approximate surface area is 145 Å². The lowest BCUT2D eigenvalue weighted by molar-refractivity contribution is 0.419. The van der Waals surface area contributed by atoms with E-state index in [4.69, 9.17) is 0 Å². The molecule has 0 aliphatic carbocycles. The number of aromatic amines is 1. The summed E-state index contributed by atoms with van der Waals surface area (Å²) in [7, 11) is 1.76. The summed E-state index contributed by atoms with van der Waals surface area (Å²) in [4.78, 5) is 18.7. The van der Waals surface area contributed by atoms with Crippen LogP contribution < -0.4 is 15.8 Å². The van der Waals surface area contributed by atoms with Crippen LogP contribution in [0.15, 0.2) is 41.6 Å². The number of aryl methyl sites for hydroxylation is 1. The molecular formula is C18H22N6O. The summed E-state index contributed by atoms with van der Waals surface area (Å²) < 4.78 is 1.58. The summed E-state index contributed by atoms with van der Waals surface area (Å²) in [5.74, 6) is 0.551. The molecule has 0 unspecified atom stereocenters. The first-order valence-corrected chi connectivity index (χ1v) is 8.63. The number of hydrogen-bond donors (Lipinski definition) is 2. The molecule has 25 heavy (non-hydrogen) atoms. The predicted octanol–water partition coefficient (Wildman–Crippen LogP) is 1.42. The molecule has 1 aliphatic heterocycles. The van der Waals surface area contributed by atoms with Crippen molar-refractivity contribution in [1.82, 2.24) is 25.1 Å². The molecule has 7 heteroatoms. The molecule has 2 aromatic heterocycles. The summed E-state index contributed by atoms with van der Waals surface area (Å²) >= 11 is 0. The van der Waals surface area contributed by atoms with Crippen molar-refractivity contribution in [2.45, 2.75) is 25.4 Å². The van der Waals surface area contributed by atoms with Gasteiger partial charge in [0.15, 0.2) is 5.82 Å². The average Bonchev–Trinajstić information content (AvgIpc) is 3.10. The molecule has 1 aromatic carbocycles. The molecule has 0 bridgehead atoms. The van der Waals surface area contributed by atoms with Gasteiger partial charge in [-0.2, -0.15) is 5.10 Å². The van der Waals surface area contributed by atoms with Crippen LogP contribution >= 0.6 is 0 Å². The summed E-state index contributed by atoms with van der Waals surface area (Å²) in [5.41, 5.74) is 2.25. The lowest BCUT2D eigenvalue weighted by Crippen LogP contribution is -2.47. The maximum atomic E-state index is 12.3. The van der Waals surface area contributed by atoms with Gasteiger partial charge in [0.1, 0.15) is 0 Å². The number of fused-ring (bicyclic) bond motifs is 1. The fourth-order valence-corrected chi connectivity index (χ4v) is 3.39. The number of aromatic nitrogens is 4. The van der Waals surface area contributed by atoms with Crippen molar-refractivity contribution >= 4 is 16.7 Å². The monoisotopic (exact) mass is 338 g/mol. The van der Waals surface area contributed by atoms with Crippen molar-refractivity contribution in [3.05, 3.63) is 52.7 Å².